The van der Waals surface area contributed by atoms with Crippen molar-refractivity contribution in [3.05, 3.63) is 34.9 Å². The number of piperidine rings is 1. The normalized spacial score (nSPS) is 30.4. The maximum absolute atomic E-state index is 11.5. The highest BCUT2D eigenvalue weighted by Crippen LogP contribution is 2.31. The molecule has 1 aromatic rings. The molecule has 3 atom stereocenters. The summed E-state index contributed by atoms with van der Waals surface area (Å²) in [6, 6.07) is 9.60. The molecule has 0 bridgehead atoms. The van der Waals surface area contributed by atoms with Crippen molar-refractivity contribution < 1.29 is 9.53 Å². The maximum atomic E-state index is 11.5. The van der Waals surface area contributed by atoms with Crippen molar-refractivity contribution >= 4 is 17.5 Å². The predicted octanol–water partition coefficient (Wildman–Crippen LogP) is 2.45. The third-order valence-electron chi connectivity index (χ3n) is 6.07. The van der Waals surface area contributed by atoms with Gasteiger partial charge in [0, 0.05) is 56.3 Å². The molecule has 0 aliphatic carbocycles. The van der Waals surface area contributed by atoms with Gasteiger partial charge in [-0.25, -0.2) is 0 Å². The highest BCUT2D eigenvalue weighted by molar-refractivity contribution is 6.30. The Morgan fingerprint density at radius 2 is 1.88 bits per heavy atom. The molecule has 3 heterocycles. The summed E-state index contributed by atoms with van der Waals surface area (Å²) in [4.78, 5) is 16.0. The summed E-state index contributed by atoms with van der Waals surface area (Å²) in [6.07, 6.45) is 3.41. The van der Waals surface area contributed by atoms with E-state index in [0.717, 1.165) is 57.1 Å². The lowest BCUT2D eigenvalue weighted by Crippen LogP contribution is -2.48. The summed E-state index contributed by atoms with van der Waals surface area (Å²) in [7, 11) is 0. The van der Waals surface area contributed by atoms with Crippen LogP contribution in [0.5, 0.6) is 0 Å². The Balaban J connectivity index is 1.28. The first-order valence-corrected chi connectivity index (χ1v) is 10.1. The number of rotatable bonds is 3. The van der Waals surface area contributed by atoms with Crippen molar-refractivity contribution in [2.45, 2.75) is 50.4 Å². The second-order valence-electron chi connectivity index (χ2n) is 7.86. The molecule has 26 heavy (non-hydrogen) atoms. The van der Waals surface area contributed by atoms with E-state index >= 15 is 0 Å². The van der Waals surface area contributed by atoms with Gasteiger partial charge in [-0.2, -0.15) is 0 Å². The SMILES string of the molecule is CC(=O)N1CCC(N[C@H]2C[C@H]3CO[C@@H](c4ccc(Cl)cc4)CN3C2)CC1. The van der Waals surface area contributed by atoms with E-state index in [2.05, 4.69) is 22.3 Å². The fourth-order valence-electron chi connectivity index (χ4n) is 4.57. The van der Waals surface area contributed by atoms with Gasteiger partial charge in [0.15, 0.2) is 0 Å². The van der Waals surface area contributed by atoms with Crippen molar-refractivity contribution in [1.29, 1.82) is 0 Å². The van der Waals surface area contributed by atoms with Crippen LogP contribution in [0, 0.1) is 0 Å². The van der Waals surface area contributed by atoms with E-state index < -0.39 is 0 Å². The number of morpholine rings is 1. The number of hydrogen-bond donors (Lipinski definition) is 1. The van der Waals surface area contributed by atoms with Gasteiger partial charge >= 0.3 is 0 Å². The van der Waals surface area contributed by atoms with Crippen molar-refractivity contribution in [2.24, 2.45) is 0 Å². The predicted molar refractivity (Wildman–Crippen MR) is 102 cm³/mol. The molecule has 6 heteroatoms. The van der Waals surface area contributed by atoms with E-state index in [0.29, 0.717) is 18.1 Å². The molecule has 3 saturated heterocycles. The lowest BCUT2D eigenvalue weighted by molar-refractivity contribution is -0.129. The Morgan fingerprint density at radius 1 is 1.15 bits per heavy atom. The number of ether oxygens (including phenoxy) is 1. The topological polar surface area (TPSA) is 44.8 Å². The smallest absolute Gasteiger partial charge is 0.219 e. The average molecular weight is 378 g/mol. The highest BCUT2D eigenvalue weighted by Gasteiger charge is 2.38. The van der Waals surface area contributed by atoms with Crippen LogP contribution in [-0.2, 0) is 9.53 Å². The first-order chi connectivity index (χ1) is 12.6. The molecule has 4 rings (SSSR count). The number of amides is 1. The van der Waals surface area contributed by atoms with Crippen LogP contribution in [0.15, 0.2) is 24.3 Å². The van der Waals surface area contributed by atoms with Crippen LogP contribution in [0.4, 0.5) is 0 Å². The zero-order valence-corrected chi connectivity index (χ0v) is 16.1. The molecule has 3 aliphatic heterocycles. The molecule has 142 valence electrons. The molecular weight excluding hydrogens is 350 g/mol. The van der Waals surface area contributed by atoms with Gasteiger partial charge in [0.25, 0.3) is 0 Å². The number of carbonyl (C=O) groups excluding carboxylic acids is 1. The minimum atomic E-state index is 0.140. The highest BCUT2D eigenvalue weighted by atomic mass is 35.5. The molecule has 0 radical (unpaired) electrons. The largest absolute Gasteiger partial charge is 0.371 e. The van der Waals surface area contributed by atoms with Gasteiger partial charge in [-0.15, -0.1) is 0 Å². The summed E-state index contributed by atoms with van der Waals surface area (Å²) < 4.78 is 6.14. The Labute approximate surface area is 160 Å². The Kier molecular flexibility index (Phi) is 5.50. The number of hydrogen-bond acceptors (Lipinski definition) is 4. The number of nitrogens with zero attached hydrogens (tertiary/aromatic N) is 2. The van der Waals surface area contributed by atoms with Crippen LogP contribution >= 0.6 is 11.6 Å². The van der Waals surface area contributed by atoms with Crippen LogP contribution < -0.4 is 5.32 Å². The monoisotopic (exact) mass is 377 g/mol. The number of fused-ring (bicyclic) bond motifs is 1. The van der Waals surface area contributed by atoms with Gasteiger partial charge in [0.05, 0.1) is 12.7 Å². The van der Waals surface area contributed by atoms with Gasteiger partial charge in [0.1, 0.15) is 0 Å². The van der Waals surface area contributed by atoms with E-state index in [1.807, 2.05) is 17.0 Å². The van der Waals surface area contributed by atoms with Gasteiger partial charge < -0.3 is 15.0 Å². The molecule has 5 nitrogen and oxygen atoms in total. The summed E-state index contributed by atoms with van der Waals surface area (Å²) in [6.45, 7) is 6.27. The van der Waals surface area contributed by atoms with Crippen LogP contribution in [0.2, 0.25) is 5.02 Å². The summed E-state index contributed by atoms with van der Waals surface area (Å²) in [5, 5.41) is 4.61. The van der Waals surface area contributed by atoms with E-state index in [-0.39, 0.29) is 12.0 Å². The third kappa shape index (κ3) is 4.06. The quantitative estimate of drug-likeness (QED) is 0.878. The van der Waals surface area contributed by atoms with Crippen molar-refractivity contribution in [3.8, 4) is 0 Å². The molecular formula is C20H28ClN3O2. The van der Waals surface area contributed by atoms with Crippen molar-refractivity contribution in [3.63, 3.8) is 0 Å². The molecule has 1 aromatic carbocycles. The Morgan fingerprint density at radius 3 is 2.58 bits per heavy atom. The van der Waals surface area contributed by atoms with Crippen LogP contribution in [0.1, 0.15) is 37.9 Å². The molecule has 0 unspecified atom stereocenters. The second kappa shape index (κ2) is 7.85. The molecule has 3 aliphatic rings. The Hall–Kier alpha value is -1.14. The third-order valence-corrected chi connectivity index (χ3v) is 6.32. The number of halogens is 1. The van der Waals surface area contributed by atoms with Crippen LogP contribution in [0.25, 0.3) is 0 Å². The van der Waals surface area contributed by atoms with Crippen molar-refractivity contribution in [2.75, 3.05) is 32.8 Å². The van der Waals surface area contributed by atoms with Crippen LogP contribution in [-0.4, -0.2) is 66.6 Å². The fraction of sp³-hybridized carbons (Fsp3) is 0.650. The standard InChI is InChI=1S/C20H28ClN3O2/c1-14(25)23-8-6-17(7-9-23)22-18-10-19-13-26-20(12-24(19)11-18)15-2-4-16(21)5-3-15/h2-5,17-20,22H,6-13H2,1H3/t18-,19-,20+/m0/s1. The van der Waals surface area contributed by atoms with Gasteiger partial charge in [-0.05, 0) is 37.0 Å². The molecule has 0 saturated carbocycles. The van der Waals surface area contributed by atoms with Crippen molar-refractivity contribution in [1.82, 2.24) is 15.1 Å². The summed E-state index contributed by atoms with van der Waals surface area (Å²) >= 11 is 6.00. The van der Waals surface area contributed by atoms with E-state index in [1.54, 1.807) is 6.92 Å². The lowest BCUT2D eigenvalue weighted by atomic mass is 10.0. The first-order valence-electron chi connectivity index (χ1n) is 9.71. The molecule has 1 amide bonds. The van der Waals surface area contributed by atoms with Crippen LogP contribution in [0.3, 0.4) is 0 Å². The maximum Gasteiger partial charge on any atom is 0.219 e. The zero-order valence-electron chi connectivity index (χ0n) is 15.4. The zero-order chi connectivity index (χ0) is 18.1. The number of nitrogens with one attached hydrogen (secondary N) is 1. The van der Waals surface area contributed by atoms with Gasteiger partial charge in [0.2, 0.25) is 5.91 Å². The second-order valence-corrected chi connectivity index (χ2v) is 8.30. The average Bonchev–Trinajstić information content (AvgIpc) is 3.04. The van der Waals surface area contributed by atoms with Gasteiger partial charge in [-0.1, -0.05) is 23.7 Å². The van der Waals surface area contributed by atoms with E-state index in [9.17, 15) is 4.79 Å². The van der Waals surface area contributed by atoms with E-state index in [1.165, 1.54) is 5.56 Å². The van der Waals surface area contributed by atoms with Gasteiger partial charge in [-0.3, -0.25) is 9.69 Å². The fourth-order valence-corrected chi connectivity index (χ4v) is 4.69. The summed E-state index contributed by atoms with van der Waals surface area (Å²) in [5.74, 6) is 0.201. The molecule has 3 fully saturated rings. The molecule has 0 aromatic heterocycles. The summed E-state index contributed by atoms with van der Waals surface area (Å²) in [5.41, 5.74) is 1.21. The molecule has 0 spiro atoms. The lowest BCUT2D eigenvalue weighted by Gasteiger charge is -2.35. The minimum Gasteiger partial charge on any atom is -0.371 e. The number of benzene rings is 1. The number of likely N-dealkylation sites (tertiary alicyclic amines) is 1. The minimum absolute atomic E-state index is 0.140. The number of carbonyl (C=O) groups is 1. The Bertz CT molecular complexity index is 630. The first kappa shape index (κ1) is 18.2. The molecule has 1 N–H and O–H groups in total. The van der Waals surface area contributed by atoms with E-state index in [4.69, 9.17) is 16.3 Å².